The Balaban J connectivity index is 1.58. The zero-order chi connectivity index (χ0) is 16.0. The van der Waals surface area contributed by atoms with Crippen LogP contribution in [-0.2, 0) is 14.3 Å². The molecule has 4 heteroatoms. The lowest BCUT2D eigenvalue weighted by Gasteiger charge is -2.32. The molecule has 23 heavy (non-hydrogen) atoms. The molecule has 0 bridgehead atoms. The van der Waals surface area contributed by atoms with Gasteiger partial charge in [0.05, 0.1) is 7.11 Å². The quantitative estimate of drug-likeness (QED) is 0.591. The van der Waals surface area contributed by atoms with Gasteiger partial charge in [0, 0.05) is 12.1 Å². The lowest BCUT2D eigenvalue weighted by Crippen LogP contribution is -2.46. The fraction of sp³-hybridized carbons (Fsp3) is 0.789. The van der Waals surface area contributed by atoms with Crippen molar-refractivity contribution in [3.8, 4) is 0 Å². The Morgan fingerprint density at radius 3 is 2.26 bits per heavy atom. The van der Waals surface area contributed by atoms with Crippen LogP contribution in [0.1, 0.15) is 57.8 Å². The number of hydrogen-bond acceptors (Lipinski definition) is 3. The number of hydrogen-bond donors (Lipinski definition) is 0. The van der Waals surface area contributed by atoms with Gasteiger partial charge in [-0.3, -0.25) is 4.79 Å². The SMILES string of the molecule is COC(=O)[C@@H]1C[C@@H]2CCCC[C@@H]2N1C(=O)C=C(C1CC1)C1CC1. The normalized spacial score (nSPS) is 33.1. The first-order valence-electron chi connectivity index (χ1n) is 9.30. The Morgan fingerprint density at radius 2 is 1.65 bits per heavy atom. The van der Waals surface area contributed by atoms with Gasteiger partial charge in [-0.15, -0.1) is 0 Å². The van der Waals surface area contributed by atoms with E-state index < -0.39 is 0 Å². The molecule has 3 aliphatic carbocycles. The van der Waals surface area contributed by atoms with Crippen LogP contribution < -0.4 is 0 Å². The van der Waals surface area contributed by atoms with Gasteiger partial charge in [0.25, 0.3) is 0 Å². The van der Waals surface area contributed by atoms with Crippen LogP contribution in [0.3, 0.4) is 0 Å². The number of fused-ring (bicyclic) bond motifs is 1. The van der Waals surface area contributed by atoms with Crippen molar-refractivity contribution < 1.29 is 14.3 Å². The summed E-state index contributed by atoms with van der Waals surface area (Å²) in [7, 11) is 1.43. The third kappa shape index (κ3) is 2.92. The van der Waals surface area contributed by atoms with E-state index in [0.29, 0.717) is 17.8 Å². The first-order chi connectivity index (χ1) is 11.2. The Morgan fingerprint density at radius 1 is 1.00 bits per heavy atom. The van der Waals surface area contributed by atoms with Gasteiger partial charge in [-0.05, 0) is 62.7 Å². The molecule has 4 nitrogen and oxygen atoms in total. The second kappa shape index (κ2) is 5.95. The number of nitrogens with zero attached hydrogens (tertiary/aromatic N) is 1. The predicted molar refractivity (Wildman–Crippen MR) is 86.5 cm³/mol. The molecule has 1 amide bonds. The average Bonchev–Trinajstić information content (AvgIpc) is 3.47. The maximum absolute atomic E-state index is 13.0. The summed E-state index contributed by atoms with van der Waals surface area (Å²) in [6.45, 7) is 0. The summed E-state index contributed by atoms with van der Waals surface area (Å²) in [5.74, 6) is 1.61. The van der Waals surface area contributed by atoms with Crippen molar-refractivity contribution in [3.63, 3.8) is 0 Å². The number of ether oxygens (including phenoxy) is 1. The molecule has 4 aliphatic rings. The van der Waals surface area contributed by atoms with Gasteiger partial charge in [0.1, 0.15) is 6.04 Å². The van der Waals surface area contributed by atoms with Crippen LogP contribution in [0.2, 0.25) is 0 Å². The summed E-state index contributed by atoms with van der Waals surface area (Å²) in [6.07, 6.45) is 12.2. The van der Waals surface area contributed by atoms with Crippen molar-refractivity contribution in [1.29, 1.82) is 0 Å². The van der Waals surface area contributed by atoms with E-state index in [1.54, 1.807) is 0 Å². The van der Waals surface area contributed by atoms with Crippen LogP contribution in [0.5, 0.6) is 0 Å². The number of esters is 1. The number of likely N-dealkylation sites (tertiary alicyclic amines) is 1. The fourth-order valence-electron chi connectivity index (χ4n) is 4.74. The zero-order valence-electron chi connectivity index (χ0n) is 14.0. The summed E-state index contributed by atoms with van der Waals surface area (Å²) in [6, 6.07) is -0.118. The van der Waals surface area contributed by atoms with Gasteiger partial charge in [-0.1, -0.05) is 18.4 Å². The second-order valence-electron chi connectivity index (χ2n) is 7.82. The Bertz CT molecular complexity index is 519. The molecule has 4 rings (SSSR count). The Hall–Kier alpha value is -1.32. The molecule has 0 aromatic rings. The van der Waals surface area contributed by atoms with Gasteiger partial charge < -0.3 is 9.64 Å². The Labute approximate surface area is 138 Å². The summed E-state index contributed by atoms with van der Waals surface area (Å²) < 4.78 is 4.99. The van der Waals surface area contributed by atoms with Crippen molar-refractivity contribution in [1.82, 2.24) is 4.90 Å². The summed E-state index contributed by atoms with van der Waals surface area (Å²) >= 11 is 0. The van der Waals surface area contributed by atoms with Gasteiger partial charge in [0.2, 0.25) is 5.91 Å². The van der Waals surface area contributed by atoms with Crippen molar-refractivity contribution in [2.45, 2.75) is 69.9 Å². The summed E-state index contributed by atoms with van der Waals surface area (Å²) in [5, 5.41) is 0. The topological polar surface area (TPSA) is 46.6 Å². The van der Waals surface area contributed by atoms with Gasteiger partial charge >= 0.3 is 5.97 Å². The van der Waals surface area contributed by atoms with Crippen LogP contribution in [0.4, 0.5) is 0 Å². The molecule has 126 valence electrons. The third-order valence-corrected chi connectivity index (χ3v) is 6.20. The highest BCUT2D eigenvalue weighted by Gasteiger charge is 2.48. The molecule has 0 radical (unpaired) electrons. The number of allylic oxidation sites excluding steroid dienone is 1. The van der Waals surface area contributed by atoms with E-state index in [9.17, 15) is 9.59 Å². The van der Waals surface area contributed by atoms with Crippen LogP contribution in [0.15, 0.2) is 11.6 Å². The van der Waals surface area contributed by atoms with Crippen molar-refractivity contribution in [3.05, 3.63) is 11.6 Å². The van der Waals surface area contributed by atoms with Gasteiger partial charge in [-0.25, -0.2) is 4.79 Å². The van der Waals surface area contributed by atoms with Crippen molar-refractivity contribution >= 4 is 11.9 Å². The largest absolute Gasteiger partial charge is 0.467 e. The third-order valence-electron chi connectivity index (χ3n) is 6.20. The Kier molecular flexibility index (Phi) is 3.94. The molecular weight excluding hydrogens is 290 g/mol. The van der Waals surface area contributed by atoms with E-state index >= 15 is 0 Å². The van der Waals surface area contributed by atoms with Crippen LogP contribution in [-0.4, -0.2) is 36.0 Å². The minimum Gasteiger partial charge on any atom is -0.467 e. The van der Waals surface area contributed by atoms with Crippen LogP contribution in [0.25, 0.3) is 0 Å². The monoisotopic (exact) mass is 317 g/mol. The first kappa shape index (κ1) is 15.2. The molecule has 0 N–H and O–H groups in total. The molecular formula is C19H27NO3. The molecule has 0 unspecified atom stereocenters. The molecule has 1 saturated heterocycles. The van der Waals surface area contributed by atoms with Crippen LogP contribution in [0, 0.1) is 17.8 Å². The number of amides is 1. The van der Waals surface area contributed by atoms with Gasteiger partial charge in [-0.2, -0.15) is 0 Å². The molecule has 1 heterocycles. The van der Waals surface area contributed by atoms with E-state index in [-0.39, 0.29) is 24.0 Å². The summed E-state index contributed by atoms with van der Waals surface area (Å²) in [4.78, 5) is 27.2. The highest BCUT2D eigenvalue weighted by molar-refractivity contribution is 5.93. The molecule has 3 saturated carbocycles. The minimum absolute atomic E-state index is 0.0728. The lowest BCUT2D eigenvalue weighted by atomic mass is 9.84. The van der Waals surface area contributed by atoms with E-state index in [2.05, 4.69) is 0 Å². The zero-order valence-corrected chi connectivity index (χ0v) is 14.0. The van der Waals surface area contributed by atoms with Gasteiger partial charge in [0.15, 0.2) is 0 Å². The molecule has 4 fully saturated rings. The highest BCUT2D eigenvalue weighted by atomic mass is 16.5. The fourth-order valence-corrected chi connectivity index (χ4v) is 4.74. The molecule has 3 atom stereocenters. The molecule has 1 aliphatic heterocycles. The van der Waals surface area contributed by atoms with Crippen molar-refractivity contribution in [2.24, 2.45) is 17.8 Å². The van der Waals surface area contributed by atoms with E-state index in [1.807, 2.05) is 11.0 Å². The number of methoxy groups -OCH3 is 1. The number of rotatable bonds is 4. The van der Waals surface area contributed by atoms with Crippen molar-refractivity contribution in [2.75, 3.05) is 7.11 Å². The average molecular weight is 317 g/mol. The molecule has 0 spiro atoms. The second-order valence-corrected chi connectivity index (χ2v) is 7.82. The number of carbonyl (C=O) groups excluding carboxylic acids is 2. The minimum atomic E-state index is -0.364. The maximum atomic E-state index is 13.0. The summed E-state index contributed by atoms with van der Waals surface area (Å²) in [5.41, 5.74) is 1.37. The van der Waals surface area contributed by atoms with E-state index in [0.717, 1.165) is 19.3 Å². The maximum Gasteiger partial charge on any atom is 0.328 e. The van der Waals surface area contributed by atoms with Crippen LogP contribution >= 0.6 is 0 Å². The molecule has 0 aromatic heterocycles. The lowest BCUT2D eigenvalue weighted by molar-refractivity contribution is -0.150. The molecule has 0 aromatic carbocycles. The van der Waals surface area contributed by atoms with E-state index in [4.69, 9.17) is 4.74 Å². The number of carbonyl (C=O) groups is 2. The predicted octanol–water partition coefficient (Wildman–Crippen LogP) is 3.07. The first-order valence-corrected chi connectivity index (χ1v) is 9.30. The smallest absolute Gasteiger partial charge is 0.328 e. The standard InChI is InChI=1S/C19H27NO3/c1-23-19(22)17-10-14-4-2-3-5-16(14)20(17)18(21)11-15(12-6-7-12)13-8-9-13/h11-14,16-17H,2-10H2,1H3/t14-,16-,17-/m0/s1. The van der Waals surface area contributed by atoms with E-state index in [1.165, 1.54) is 51.2 Å². The highest BCUT2D eigenvalue weighted by Crippen LogP contribution is 2.49.